The Kier molecular flexibility index (Phi) is 4.98. The summed E-state index contributed by atoms with van der Waals surface area (Å²) < 4.78 is 11.1. The molecule has 7 nitrogen and oxygen atoms in total. The van der Waals surface area contributed by atoms with Crippen LogP contribution >= 0.6 is 0 Å². The molecule has 128 valence electrons. The van der Waals surface area contributed by atoms with Gasteiger partial charge in [0.1, 0.15) is 5.75 Å². The van der Waals surface area contributed by atoms with Gasteiger partial charge in [-0.15, -0.1) is 0 Å². The molecule has 1 unspecified atom stereocenters. The van der Waals surface area contributed by atoms with Crippen molar-refractivity contribution in [1.29, 1.82) is 0 Å². The third-order valence-corrected chi connectivity index (χ3v) is 4.11. The topological polar surface area (TPSA) is 80.5 Å². The van der Waals surface area contributed by atoms with Crippen LogP contribution in [-0.2, 0) is 6.42 Å². The van der Waals surface area contributed by atoms with E-state index in [1.165, 1.54) is 0 Å². The first-order valence-corrected chi connectivity index (χ1v) is 8.14. The summed E-state index contributed by atoms with van der Waals surface area (Å²) >= 11 is 0. The second-order valence-corrected chi connectivity index (χ2v) is 5.95. The van der Waals surface area contributed by atoms with Gasteiger partial charge in [-0.05, 0) is 31.0 Å². The third kappa shape index (κ3) is 3.84. The number of carbonyl (C=O) groups excluding carboxylic acids is 1. The molecular formula is C17H22N4O3. The quantitative estimate of drug-likeness (QED) is 0.908. The maximum atomic E-state index is 11.6. The van der Waals surface area contributed by atoms with Crippen LogP contribution in [0.5, 0.6) is 5.75 Å². The molecule has 7 heteroatoms. The molecule has 1 atom stereocenters. The van der Waals surface area contributed by atoms with Gasteiger partial charge in [0.25, 0.3) is 0 Å². The molecule has 0 saturated carbocycles. The molecule has 0 radical (unpaired) electrons. The minimum atomic E-state index is -0.0659. The van der Waals surface area contributed by atoms with Gasteiger partial charge in [-0.25, -0.2) is 4.79 Å². The van der Waals surface area contributed by atoms with Crippen molar-refractivity contribution < 1.29 is 14.1 Å². The number of nitrogens with zero attached hydrogens (tertiary/aromatic N) is 3. The molecule has 1 saturated heterocycles. The minimum Gasteiger partial charge on any atom is -0.493 e. The van der Waals surface area contributed by atoms with Gasteiger partial charge >= 0.3 is 6.03 Å². The number of carbonyl (C=O) groups is 1. The molecule has 0 bridgehead atoms. The SMILES string of the molecule is CNC(=O)N1CCC(c2nc(CCOc3cccc(C)c3)no2)C1. The molecule has 1 N–H and O–H groups in total. The summed E-state index contributed by atoms with van der Waals surface area (Å²) in [6.07, 6.45) is 1.43. The Morgan fingerprint density at radius 1 is 1.50 bits per heavy atom. The van der Waals surface area contributed by atoms with E-state index < -0.39 is 0 Å². The van der Waals surface area contributed by atoms with Gasteiger partial charge in [0.05, 0.1) is 12.5 Å². The molecule has 0 spiro atoms. The zero-order valence-corrected chi connectivity index (χ0v) is 14.0. The van der Waals surface area contributed by atoms with Gasteiger partial charge in [-0.3, -0.25) is 0 Å². The zero-order valence-electron chi connectivity index (χ0n) is 14.0. The van der Waals surface area contributed by atoms with Crippen molar-refractivity contribution in [2.75, 3.05) is 26.7 Å². The summed E-state index contributed by atoms with van der Waals surface area (Å²) in [6, 6.07) is 7.86. The van der Waals surface area contributed by atoms with Gasteiger partial charge in [-0.2, -0.15) is 4.98 Å². The predicted molar refractivity (Wildman–Crippen MR) is 88.1 cm³/mol. The first kappa shape index (κ1) is 16.3. The van der Waals surface area contributed by atoms with E-state index in [-0.39, 0.29) is 11.9 Å². The number of rotatable bonds is 5. The van der Waals surface area contributed by atoms with E-state index in [1.807, 2.05) is 31.2 Å². The second-order valence-electron chi connectivity index (χ2n) is 5.95. The Morgan fingerprint density at radius 2 is 2.38 bits per heavy atom. The van der Waals surface area contributed by atoms with Crippen LogP contribution in [0.3, 0.4) is 0 Å². The molecule has 0 aliphatic carbocycles. The number of ether oxygens (including phenoxy) is 1. The maximum absolute atomic E-state index is 11.6. The maximum Gasteiger partial charge on any atom is 0.317 e. The van der Waals surface area contributed by atoms with Crippen LogP contribution < -0.4 is 10.1 Å². The van der Waals surface area contributed by atoms with Crippen LogP contribution in [0.4, 0.5) is 4.79 Å². The van der Waals surface area contributed by atoms with Crippen molar-refractivity contribution in [3.8, 4) is 5.75 Å². The Morgan fingerprint density at radius 3 is 3.17 bits per heavy atom. The number of hydrogen-bond donors (Lipinski definition) is 1. The van der Waals surface area contributed by atoms with E-state index in [2.05, 4.69) is 15.5 Å². The van der Waals surface area contributed by atoms with E-state index in [0.29, 0.717) is 37.8 Å². The summed E-state index contributed by atoms with van der Waals surface area (Å²) in [6.45, 7) is 3.85. The molecule has 1 fully saturated rings. The van der Waals surface area contributed by atoms with Crippen molar-refractivity contribution in [1.82, 2.24) is 20.4 Å². The molecule has 1 aromatic heterocycles. The lowest BCUT2D eigenvalue weighted by Gasteiger charge is -2.14. The van der Waals surface area contributed by atoms with Crippen LogP contribution in [0.15, 0.2) is 28.8 Å². The number of hydrogen-bond acceptors (Lipinski definition) is 5. The van der Waals surface area contributed by atoms with E-state index in [9.17, 15) is 4.79 Å². The van der Waals surface area contributed by atoms with Crippen LogP contribution in [0, 0.1) is 6.92 Å². The standard InChI is InChI=1S/C17H22N4O3/c1-12-4-3-5-14(10-12)23-9-7-15-19-16(24-20-15)13-6-8-21(11-13)17(22)18-2/h3-5,10,13H,6-9,11H2,1-2H3,(H,18,22). The van der Waals surface area contributed by atoms with Gasteiger partial charge < -0.3 is 19.5 Å². The zero-order chi connectivity index (χ0) is 16.9. The Bertz CT molecular complexity index is 701. The van der Waals surface area contributed by atoms with Gasteiger partial charge in [-0.1, -0.05) is 17.3 Å². The number of nitrogens with one attached hydrogen (secondary N) is 1. The summed E-state index contributed by atoms with van der Waals surface area (Å²) in [7, 11) is 1.63. The Hall–Kier alpha value is -2.57. The molecule has 3 rings (SSSR count). The molecule has 2 aromatic rings. The largest absolute Gasteiger partial charge is 0.493 e. The lowest BCUT2D eigenvalue weighted by molar-refractivity contribution is 0.210. The predicted octanol–water partition coefficient (Wildman–Crippen LogP) is 2.13. The summed E-state index contributed by atoms with van der Waals surface area (Å²) in [5.74, 6) is 2.19. The van der Waals surface area contributed by atoms with E-state index in [0.717, 1.165) is 17.7 Å². The number of amides is 2. The Labute approximate surface area is 141 Å². The number of urea groups is 1. The highest BCUT2D eigenvalue weighted by Crippen LogP contribution is 2.25. The Balaban J connectivity index is 1.50. The highest BCUT2D eigenvalue weighted by atomic mass is 16.5. The van der Waals surface area contributed by atoms with E-state index in [1.54, 1.807) is 11.9 Å². The van der Waals surface area contributed by atoms with Crippen LogP contribution in [0.1, 0.15) is 29.6 Å². The fourth-order valence-corrected chi connectivity index (χ4v) is 2.80. The minimum absolute atomic E-state index is 0.0659. The summed E-state index contributed by atoms with van der Waals surface area (Å²) in [5, 5.41) is 6.65. The average Bonchev–Trinajstić information content (AvgIpc) is 3.23. The summed E-state index contributed by atoms with van der Waals surface area (Å²) in [4.78, 5) is 17.8. The van der Waals surface area contributed by atoms with Crippen molar-refractivity contribution in [2.24, 2.45) is 0 Å². The van der Waals surface area contributed by atoms with Crippen LogP contribution in [0.2, 0.25) is 0 Å². The lowest BCUT2D eigenvalue weighted by atomic mass is 10.1. The van der Waals surface area contributed by atoms with Crippen LogP contribution in [-0.4, -0.2) is 47.8 Å². The fraction of sp³-hybridized carbons (Fsp3) is 0.471. The summed E-state index contributed by atoms with van der Waals surface area (Å²) in [5.41, 5.74) is 1.16. The number of aromatic nitrogens is 2. The first-order chi connectivity index (χ1) is 11.7. The molecule has 1 aliphatic heterocycles. The second kappa shape index (κ2) is 7.33. The fourth-order valence-electron chi connectivity index (χ4n) is 2.80. The number of benzene rings is 1. The molecule has 2 amide bonds. The van der Waals surface area contributed by atoms with Gasteiger partial charge in [0.2, 0.25) is 5.89 Å². The first-order valence-electron chi connectivity index (χ1n) is 8.14. The van der Waals surface area contributed by atoms with Gasteiger partial charge in [0.15, 0.2) is 5.82 Å². The highest BCUT2D eigenvalue weighted by Gasteiger charge is 2.30. The molecule has 24 heavy (non-hydrogen) atoms. The molecule has 2 heterocycles. The number of likely N-dealkylation sites (tertiary alicyclic amines) is 1. The normalized spacial score (nSPS) is 17.1. The van der Waals surface area contributed by atoms with Crippen LogP contribution in [0.25, 0.3) is 0 Å². The third-order valence-electron chi connectivity index (χ3n) is 4.11. The molecular weight excluding hydrogens is 308 g/mol. The van der Waals surface area contributed by atoms with Crippen molar-refractivity contribution in [2.45, 2.75) is 25.7 Å². The monoisotopic (exact) mass is 330 g/mol. The smallest absolute Gasteiger partial charge is 0.317 e. The number of aryl methyl sites for hydroxylation is 1. The molecule has 1 aliphatic rings. The van der Waals surface area contributed by atoms with E-state index in [4.69, 9.17) is 9.26 Å². The van der Waals surface area contributed by atoms with Crippen molar-refractivity contribution in [3.05, 3.63) is 41.5 Å². The average molecular weight is 330 g/mol. The molecule has 1 aromatic carbocycles. The lowest BCUT2D eigenvalue weighted by Crippen LogP contribution is -2.36. The van der Waals surface area contributed by atoms with Crippen molar-refractivity contribution >= 4 is 6.03 Å². The van der Waals surface area contributed by atoms with Gasteiger partial charge in [0, 0.05) is 26.6 Å². The highest BCUT2D eigenvalue weighted by molar-refractivity contribution is 5.74. The van der Waals surface area contributed by atoms with E-state index >= 15 is 0 Å². The van der Waals surface area contributed by atoms with Crippen molar-refractivity contribution in [3.63, 3.8) is 0 Å².